The molecule has 0 aliphatic rings. The molecule has 10 nitrogen and oxygen atoms in total. The highest BCUT2D eigenvalue weighted by molar-refractivity contribution is 9.11. The molecule has 0 fully saturated rings. The summed E-state index contributed by atoms with van der Waals surface area (Å²) in [4.78, 5) is 47.6. The van der Waals surface area contributed by atoms with Crippen molar-refractivity contribution >= 4 is 87.3 Å². The van der Waals surface area contributed by atoms with E-state index in [1.807, 2.05) is 26.0 Å². The van der Waals surface area contributed by atoms with Gasteiger partial charge in [0, 0.05) is 21.8 Å². The highest BCUT2D eigenvalue weighted by atomic mass is 79.9. The Morgan fingerprint density at radius 1 is 0.611 bits per heavy atom. The Bertz CT molecular complexity index is 1030. The van der Waals surface area contributed by atoms with E-state index in [1.165, 1.54) is 0 Å². The summed E-state index contributed by atoms with van der Waals surface area (Å²) in [6.45, 7) is 3.00. The van der Waals surface area contributed by atoms with Gasteiger partial charge in [-0.3, -0.25) is 40.9 Å². The molecule has 0 aliphatic heterocycles. The standard InChI is InChI=1S/C22H22Br4N4O6/c1-11-5-13(23)7-15(25)21(11)35-9-19(33)29-27-17(31)3-4-18(32)28-30-20(34)10-36-22-12(2)6-14(24)8-16(22)26/h5-8H,3-4,9-10H2,1-2H3,(H,27,31)(H,28,32)(H,29,33)(H,30,34). The van der Waals surface area contributed by atoms with E-state index in [0.29, 0.717) is 20.4 Å². The van der Waals surface area contributed by atoms with Crippen molar-refractivity contribution in [1.82, 2.24) is 21.7 Å². The highest BCUT2D eigenvalue weighted by Gasteiger charge is 2.13. The second-order valence-electron chi connectivity index (χ2n) is 7.34. The third-order valence-electron chi connectivity index (χ3n) is 4.35. The van der Waals surface area contributed by atoms with Gasteiger partial charge in [0.2, 0.25) is 11.8 Å². The Kier molecular flexibility index (Phi) is 12.1. The Morgan fingerprint density at radius 3 is 1.28 bits per heavy atom. The first-order chi connectivity index (χ1) is 17.0. The van der Waals surface area contributed by atoms with Crippen molar-refractivity contribution in [3.63, 3.8) is 0 Å². The van der Waals surface area contributed by atoms with Gasteiger partial charge in [-0.15, -0.1) is 0 Å². The van der Waals surface area contributed by atoms with Crippen LogP contribution in [0.2, 0.25) is 0 Å². The quantitative estimate of drug-likeness (QED) is 0.287. The number of nitrogens with one attached hydrogen (secondary N) is 4. The van der Waals surface area contributed by atoms with Crippen molar-refractivity contribution in [3.8, 4) is 11.5 Å². The van der Waals surface area contributed by atoms with Crippen molar-refractivity contribution in [2.45, 2.75) is 26.7 Å². The summed E-state index contributed by atoms with van der Waals surface area (Å²) in [5.41, 5.74) is 10.4. The normalized spacial score (nSPS) is 10.3. The smallest absolute Gasteiger partial charge is 0.276 e. The van der Waals surface area contributed by atoms with Crippen LogP contribution in [0.5, 0.6) is 11.5 Å². The molecule has 0 atom stereocenters. The second kappa shape index (κ2) is 14.5. The number of aryl methyl sites for hydroxylation is 2. The Morgan fingerprint density at radius 2 is 0.944 bits per heavy atom. The number of hydrazine groups is 2. The lowest BCUT2D eigenvalue weighted by Gasteiger charge is -2.13. The summed E-state index contributed by atoms with van der Waals surface area (Å²) in [5, 5.41) is 0. The number of ether oxygens (including phenoxy) is 2. The average Bonchev–Trinajstić information content (AvgIpc) is 2.78. The molecule has 4 N–H and O–H groups in total. The van der Waals surface area contributed by atoms with Crippen LogP contribution in [0.4, 0.5) is 0 Å². The molecule has 4 amide bonds. The molecule has 0 bridgehead atoms. The molecular weight excluding hydrogens is 736 g/mol. The molecule has 0 saturated heterocycles. The molecule has 14 heteroatoms. The van der Waals surface area contributed by atoms with Crippen LogP contribution in [-0.4, -0.2) is 36.8 Å². The van der Waals surface area contributed by atoms with Crippen molar-refractivity contribution in [2.24, 2.45) is 0 Å². The lowest BCUT2D eigenvalue weighted by molar-refractivity contribution is -0.132. The van der Waals surface area contributed by atoms with Gasteiger partial charge in [0.05, 0.1) is 8.95 Å². The summed E-state index contributed by atoms with van der Waals surface area (Å²) in [6, 6.07) is 7.24. The van der Waals surface area contributed by atoms with Gasteiger partial charge < -0.3 is 9.47 Å². The molecule has 2 rings (SSSR count). The van der Waals surface area contributed by atoms with Crippen LogP contribution in [0.15, 0.2) is 42.2 Å². The highest BCUT2D eigenvalue weighted by Crippen LogP contribution is 2.33. The molecule has 2 aromatic rings. The third-order valence-corrected chi connectivity index (χ3v) is 6.44. The summed E-state index contributed by atoms with van der Waals surface area (Å²) < 4.78 is 14.0. The number of hydrogen-bond acceptors (Lipinski definition) is 6. The van der Waals surface area contributed by atoms with Crippen molar-refractivity contribution in [2.75, 3.05) is 13.2 Å². The van der Waals surface area contributed by atoms with Gasteiger partial charge in [0.1, 0.15) is 11.5 Å². The number of hydrogen-bond donors (Lipinski definition) is 4. The predicted molar refractivity (Wildman–Crippen MR) is 146 cm³/mol. The minimum absolute atomic E-state index is 0.220. The Balaban J connectivity index is 1.63. The lowest BCUT2D eigenvalue weighted by Crippen LogP contribution is -2.45. The topological polar surface area (TPSA) is 135 Å². The van der Waals surface area contributed by atoms with Crippen LogP contribution in [0.1, 0.15) is 24.0 Å². The molecule has 0 saturated carbocycles. The van der Waals surface area contributed by atoms with Gasteiger partial charge in [0.15, 0.2) is 13.2 Å². The molecular formula is C22H22Br4N4O6. The van der Waals surface area contributed by atoms with Crippen molar-refractivity contribution in [1.29, 1.82) is 0 Å². The fourth-order valence-corrected chi connectivity index (χ4v) is 5.83. The summed E-state index contributed by atoms with van der Waals surface area (Å²) in [5.74, 6) is -1.34. The minimum atomic E-state index is -0.593. The van der Waals surface area contributed by atoms with Crippen LogP contribution in [-0.2, 0) is 19.2 Å². The summed E-state index contributed by atoms with van der Waals surface area (Å²) >= 11 is 13.4. The number of amides is 4. The molecule has 2 aromatic carbocycles. The van der Waals surface area contributed by atoms with Crippen LogP contribution in [0, 0.1) is 13.8 Å². The molecule has 0 spiro atoms. The van der Waals surface area contributed by atoms with E-state index in [1.54, 1.807) is 12.1 Å². The third kappa shape index (κ3) is 10.1. The van der Waals surface area contributed by atoms with Gasteiger partial charge in [-0.25, -0.2) is 0 Å². The van der Waals surface area contributed by atoms with E-state index in [4.69, 9.17) is 9.47 Å². The van der Waals surface area contributed by atoms with E-state index in [-0.39, 0.29) is 26.1 Å². The van der Waals surface area contributed by atoms with E-state index >= 15 is 0 Å². The SMILES string of the molecule is Cc1cc(Br)cc(Br)c1OCC(=O)NNC(=O)CCC(=O)NNC(=O)COc1c(C)cc(Br)cc1Br. The molecule has 194 valence electrons. The summed E-state index contributed by atoms with van der Waals surface area (Å²) in [7, 11) is 0. The first-order valence-corrected chi connectivity index (χ1v) is 13.5. The molecule has 36 heavy (non-hydrogen) atoms. The molecule has 0 heterocycles. The second-order valence-corrected chi connectivity index (χ2v) is 10.9. The number of halogens is 4. The predicted octanol–water partition coefficient (Wildman–Crippen LogP) is 3.89. The van der Waals surface area contributed by atoms with E-state index in [9.17, 15) is 19.2 Å². The van der Waals surface area contributed by atoms with Crippen molar-refractivity contribution < 1.29 is 28.7 Å². The maximum Gasteiger partial charge on any atom is 0.276 e. The van der Waals surface area contributed by atoms with E-state index < -0.39 is 23.6 Å². The van der Waals surface area contributed by atoms with Gasteiger partial charge in [0.25, 0.3) is 11.8 Å². The minimum Gasteiger partial charge on any atom is -0.482 e. The summed E-state index contributed by atoms with van der Waals surface area (Å²) in [6.07, 6.45) is -0.441. The fourth-order valence-electron chi connectivity index (χ4n) is 2.72. The van der Waals surface area contributed by atoms with Crippen LogP contribution < -0.4 is 31.2 Å². The molecule has 0 aliphatic carbocycles. The molecule has 0 aromatic heterocycles. The zero-order valence-corrected chi connectivity index (χ0v) is 25.4. The lowest BCUT2D eigenvalue weighted by atomic mass is 10.2. The number of benzene rings is 2. The maximum atomic E-state index is 11.9. The first kappa shape index (κ1) is 30.1. The van der Waals surface area contributed by atoms with Crippen LogP contribution in [0.3, 0.4) is 0 Å². The van der Waals surface area contributed by atoms with Crippen molar-refractivity contribution in [3.05, 3.63) is 53.3 Å². The Hall–Kier alpha value is -2.16. The fraction of sp³-hybridized carbons (Fsp3) is 0.273. The number of carbonyl (C=O) groups is 4. The van der Waals surface area contributed by atoms with E-state index in [0.717, 1.165) is 20.1 Å². The van der Waals surface area contributed by atoms with Gasteiger partial charge in [-0.1, -0.05) is 31.9 Å². The zero-order valence-electron chi connectivity index (χ0n) is 19.1. The van der Waals surface area contributed by atoms with Gasteiger partial charge in [-0.2, -0.15) is 0 Å². The van der Waals surface area contributed by atoms with Crippen LogP contribution >= 0.6 is 63.7 Å². The average molecular weight is 758 g/mol. The maximum absolute atomic E-state index is 11.9. The van der Waals surface area contributed by atoms with Gasteiger partial charge >= 0.3 is 0 Å². The first-order valence-electron chi connectivity index (χ1n) is 10.3. The molecule has 0 radical (unpaired) electrons. The molecule has 0 unspecified atom stereocenters. The van der Waals surface area contributed by atoms with Crippen LogP contribution in [0.25, 0.3) is 0 Å². The van der Waals surface area contributed by atoms with E-state index in [2.05, 4.69) is 85.4 Å². The largest absolute Gasteiger partial charge is 0.482 e. The number of rotatable bonds is 9. The zero-order chi connectivity index (χ0) is 26.8. The van der Waals surface area contributed by atoms with Gasteiger partial charge in [-0.05, 0) is 81.1 Å². The Labute approximate surface area is 241 Å². The monoisotopic (exact) mass is 754 g/mol. The number of carbonyl (C=O) groups excluding carboxylic acids is 4.